The van der Waals surface area contributed by atoms with Crippen LogP contribution in [0.15, 0.2) is 36.0 Å². The molecule has 0 spiro atoms. The van der Waals surface area contributed by atoms with E-state index in [4.69, 9.17) is 14.2 Å². The van der Waals surface area contributed by atoms with E-state index < -0.39 is 61.5 Å². The van der Waals surface area contributed by atoms with Crippen LogP contribution in [-0.2, 0) is 19.0 Å². The fourth-order valence-electron chi connectivity index (χ4n) is 10.6. The second kappa shape index (κ2) is 39.8. The Labute approximate surface area is 428 Å². The Bertz CT molecular complexity index is 1370. The van der Waals surface area contributed by atoms with E-state index in [1.165, 1.54) is 167 Å². The molecule has 10 nitrogen and oxygen atoms in total. The number of unbranched alkanes of at least 4 members (excludes halogenated alkanes) is 20. The molecule has 1 saturated heterocycles. The summed E-state index contributed by atoms with van der Waals surface area (Å²) in [7, 11) is 0. The molecule has 10 heteroatoms. The molecule has 1 amide bonds. The SMILES string of the molecule is CCCCCCCCCCCC1CC1CCCCC/C=C/CC[C@@H](O)[C@H](CO[C@@H]1O[C@@H](CO)[C@H](O)[C@H](O)[C@@H]1OCC=C(C)C)NC(=O)[C@H](O)CC/C=C\CCCCC1CC1CCCCCCCCCC. The topological polar surface area (TPSA) is 158 Å². The zero-order valence-corrected chi connectivity index (χ0v) is 45.3. The molecule has 70 heavy (non-hydrogen) atoms. The van der Waals surface area contributed by atoms with Gasteiger partial charge < -0.3 is 45.1 Å². The van der Waals surface area contributed by atoms with Gasteiger partial charge in [0.2, 0.25) is 5.91 Å². The van der Waals surface area contributed by atoms with Crippen LogP contribution >= 0.6 is 0 Å². The van der Waals surface area contributed by atoms with Crippen molar-refractivity contribution in [2.75, 3.05) is 19.8 Å². The lowest BCUT2D eigenvalue weighted by molar-refractivity contribution is -0.310. The number of aliphatic hydroxyl groups excluding tert-OH is 5. The van der Waals surface area contributed by atoms with Crippen molar-refractivity contribution in [2.24, 2.45) is 23.7 Å². The number of hydrogen-bond donors (Lipinski definition) is 6. The maximum absolute atomic E-state index is 13.4. The molecule has 0 aromatic carbocycles. The van der Waals surface area contributed by atoms with Crippen molar-refractivity contribution in [3.63, 3.8) is 0 Å². The van der Waals surface area contributed by atoms with Crippen LogP contribution < -0.4 is 5.32 Å². The van der Waals surface area contributed by atoms with Crippen LogP contribution in [0.5, 0.6) is 0 Å². The first-order valence-electron chi connectivity index (χ1n) is 29.5. The minimum atomic E-state index is -1.40. The molecule has 2 aliphatic carbocycles. The normalized spacial score (nSPS) is 25.6. The number of rotatable bonds is 46. The first-order valence-corrected chi connectivity index (χ1v) is 29.5. The predicted octanol–water partition coefficient (Wildman–Crippen LogP) is 12.9. The largest absolute Gasteiger partial charge is 0.394 e. The van der Waals surface area contributed by atoms with E-state index in [1.807, 2.05) is 19.9 Å². The Balaban J connectivity index is 1.37. The number of hydrogen-bond acceptors (Lipinski definition) is 9. The van der Waals surface area contributed by atoms with Crippen molar-refractivity contribution >= 4 is 5.91 Å². The molecule has 0 aromatic heterocycles. The molecule has 4 unspecified atom stereocenters. The summed E-state index contributed by atoms with van der Waals surface area (Å²) >= 11 is 0. The lowest BCUT2D eigenvalue weighted by Crippen LogP contribution is -2.61. The Morgan fingerprint density at radius 2 is 1.04 bits per heavy atom. The summed E-state index contributed by atoms with van der Waals surface area (Å²) in [5.74, 6) is 3.25. The number of carbonyl (C=O) groups excluding carboxylic acids is 1. The molecule has 3 fully saturated rings. The summed E-state index contributed by atoms with van der Waals surface area (Å²) in [5, 5.41) is 56.6. The summed E-state index contributed by atoms with van der Waals surface area (Å²) in [5.41, 5.74) is 1.01. The van der Waals surface area contributed by atoms with Crippen LogP contribution in [0.25, 0.3) is 0 Å². The lowest BCUT2D eigenvalue weighted by Gasteiger charge is -2.42. The standard InChI is InChI=1S/C60H109NO9/c1-5-7-9-11-13-15-18-24-30-36-49-43-50(49)37-31-25-19-16-20-27-33-39-53(63)52(46-69-60-58(68-42-41-47(3)4)57(66)56(65)55(45-62)70-60)61-59(67)54(64)40-34-28-22-21-26-32-38-51-44-48(51)35-29-23-17-14-12-10-8-6-2/h20,22,27-28,41,48-58,60,62-66H,5-19,21,23-26,29-40,42-46H2,1-4H3,(H,61,67)/b27-20+,28-22-/t48?,49?,50?,51?,52-,53+,54+,55-,56-,57-,58-,60+/m0/s1. The third-order valence-electron chi connectivity index (χ3n) is 15.6. The number of ether oxygens (including phenoxy) is 3. The second-order valence-electron chi connectivity index (χ2n) is 22.2. The first kappa shape index (κ1) is 62.7. The van der Waals surface area contributed by atoms with E-state index in [1.54, 1.807) is 0 Å². The van der Waals surface area contributed by atoms with E-state index >= 15 is 0 Å². The Morgan fingerprint density at radius 1 is 0.600 bits per heavy atom. The number of allylic oxidation sites excluding steroid dienone is 5. The van der Waals surface area contributed by atoms with Crippen LogP contribution in [0.1, 0.15) is 246 Å². The molecule has 2 saturated carbocycles. The first-order chi connectivity index (χ1) is 34.1. The van der Waals surface area contributed by atoms with Gasteiger partial charge in [0.15, 0.2) is 6.29 Å². The summed E-state index contributed by atoms with van der Waals surface area (Å²) in [6.45, 7) is 7.78. The van der Waals surface area contributed by atoms with Gasteiger partial charge in [0, 0.05) is 0 Å². The molecule has 1 heterocycles. The van der Waals surface area contributed by atoms with Crippen molar-refractivity contribution in [3.8, 4) is 0 Å². The van der Waals surface area contributed by atoms with Gasteiger partial charge >= 0.3 is 0 Å². The Morgan fingerprint density at radius 3 is 1.54 bits per heavy atom. The van der Waals surface area contributed by atoms with Crippen molar-refractivity contribution < 1.29 is 44.5 Å². The molecule has 0 radical (unpaired) electrons. The van der Waals surface area contributed by atoms with Gasteiger partial charge in [-0.1, -0.05) is 204 Å². The fourth-order valence-corrected chi connectivity index (χ4v) is 10.6. The van der Waals surface area contributed by atoms with E-state index in [2.05, 4.69) is 43.5 Å². The number of aliphatic hydroxyl groups is 5. The number of carbonyl (C=O) groups is 1. The van der Waals surface area contributed by atoms with E-state index in [0.29, 0.717) is 19.3 Å². The fraction of sp³-hybridized carbons (Fsp3) is 0.883. The van der Waals surface area contributed by atoms with Gasteiger partial charge in [-0.15, -0.1) is 0 Å². The van der Waals surface area contributed by atoms with E-state index in [0.717, 1.165) is 54.9 Å². The molecule has 12 atom stereocenters. The molecule has 3 rings (SSSR count). The molecular formula is C60H109NO9. The summed E-state index contributed by atoms with van der Waals surface area (Å²) in [6, 6.07) is -0.900. The predicted molar refractivity (Wildman–Crippen MR) is 287 cm³/mol. The van der Waals surface area contributed by atoms with Crippen molar-refractivity contribution in [3.05, 3.63) is 36.0 Å². The highest BCUT2D eigenvalue weighted by Crippen LogP contribution is 2.46. The summed E-state index contributed by atoms with van der Waals surface area (Å²) < 4.78 is 17.8. The van der Waals surface area contributed by atoms with Gasteiger partial charge in [0.1, 0.15) is 30.5 Å². The van der Waals surface area contributed by atoms with Gasteiger partial charge in [-0.05, 0) is 102 Å². The maximum Gasteiger partial charge on any atom is 0.249 e. The average molecular weight is 989 g/mol. The maximum atomic E-state index is 13.4. The third kappa shape index (κ3) is 28.7. The number of nitrogens with one attached hydrogen (secondary N) is 1. The summed E-state index contributed by atoms with van der Waals surface area (Å²) in [6.07, 6.45) is 43.9. The highest BCUT2D eigenvalue weighted by molar-refractivity contribution is 5.80. The zero-order chi connectivity index (χ0) is 50.6. The van der Waals surface area contributed by atoms with Gasteiger partial charge in [-0.3, -0.25) is 4.79 Å². The van der Waals surface area contributed by atoms with Crippen LogP contribution in [0, 0.1) is 23.7 Å². The molecule has 1 aliphatic heterocycles. The van der Waals surface area contributed by atoms with E-state index in [-0.39, 0.29) is 19.6 Å². The molecule has 3 aliphatic rings. The highest BCUT2D eigenvalue weighted by Gasteiger charge is 2.46. The Kier molecular flexibility index (Phi) is 35.6. The van der Waals surface area contributed by atoms with Gasteiger partial charge in [-0.2, -0.15) is 0 Å². The average Bonchev–Trinajstić information content (AvgIpc) is 4.29. The quantitative estimate of drug-likeness (QED) is 0.0258. The summed E-state index contributed by atoms with van der Waals surface area (Å²) in [4.78, 5) is 13.4. The highest BCUT2D eigenvalue weighted by atomic mass is 16.7. The smallest absolute Gasteiger partial charge is 0.249 e. The molecule has 0 bridgehead atoms. The van der Waals surface area contributed by atoms with Crippen LogP contribution in [0.4, 0.5) is 0 Å². The van der Waals surface area contributed by atoms with Crippen molar-refractivity contribution in [2.45, 2.75) is 295 Å². The molecule has 6 N–H and O–H groups in total. The second-order valence-corrected chi connectivity index (χ2v) is 22.2. The van der Waals surface area contributed by atoms with Crippen molar-refractivity contribution in [1.29, 1.82) is 0 Å². The minimum Gasteiger partial charge on any atom is -0.394 e. The monoisotopic (exact) mass is 988 g/mol. The molecular weight excluding hydrogens is 879 g/mol. The van der Waals surface area contributed by atoms with E-state index in [9.17, 15) is 30.3 Å². The van der Waals surface area contributed by atoms with Crippen molar-refractivity contribution in [1.82, 2.24) is 5.32 Å². The third-order valence-corrected chi connectivity index (χ3v) is 15.6. The van der Waals surface area contributed by atoms with Crippen LogP contribution in [-0.4, -0.2) is 100 Å². The van der Waals surface area contributed by atoms with Gasteiger partial charge in [0.05, 0.1) is 32.0 Å². The van der Waals surface area contributed by atoms with Gasteiger partial charge in [0.25, 0.3) is 0 Å². The molecule has 0 aromatic rings. The lowest BCUT2D eigenvalue weighted by atomic mass is 9.99. The minimum absolute atomic E-state index is 0.139. The number of amides is 1. The zero-order valence-electron chi connectivity index (χ0n) is 45.3. The van der Waals surface area contributed by atoms with Crippen LogP contribution in [0.2, 0.25) is 0 Å². The Hall–Kier alpha value is -1.63. The van der Waals surface area contributed by atoms with Crippen LogP contribution in [0.3, 0.4) is 0 Å². The van der Waals surface area contributed by atoms with Gasteiger partial charge in [-0.25, -0.2) is 0 Å². The molecule has 408 valence electrons.